The van der Waals surface area contributed by atoms with Crippen LogP contribution in [0.25, 0.3) is 0 Å². The van der Waals surface area contributed by atoms with E-state index in [9.17, 15) is 27.2 Å². The van der Waals surface area contributed by atoms with Crippen molar-refractivity contribution in [3.8, 4) is 11.5 Å². The van der Waals surface area contributed by atoms with Crippen LogP contribution in [0.4, 0.5) is 15.3 Å². The number of ether oxygens (including phenoxy) is 2. The standard InChI is InChI=1S/C29H33FN2O7S/c1-21(2)6-4-3-5-7-22-8-12-24(13-9-22)38-18-19-39-25-14-10-23(11-15-25)29(33)31-27-17-16-26(40(30,36)37)20-28(27)32(34)35/h8-17,20-21H,3-7,18-19H2,1-2H3,(H,31,33). The molecule has 0 saturated heterocycles. The molecule has 3 rings (SSSR count). The Labute approximate surface area is 233 Å². The lowest BCUT2D eigenvalue weighted by Crippen LogP contribution is -2.13. The molecule has 0 fully saturated rings. The quantitative estimate of drug-likeness (QED) is 0.0927. The van der Waals surface area contributed by atoms with Crippen LogP contribution in [0.5, 0.6) is 11.5 Å². The predicted molar refractivity (Wildman–Crippen MR) is 150 cm³/mol. The average molecular weight is 573 g/mol. The van der Waals surface area contributed by atoms with E-state index in [0.717, 1.165) is 30.2 Å². The second-order valence-corrected chi connectivity index (χ2v) is 11.0. The van der Waals surface area contributed by atoms with E-state index in [1.165, 1.54) is 43.4 Å². The topological polar surface area (TPSA) is 125 Å². The first kappa shape index (κ1) is 30.6. The lowest BCUT2D eigenvalue weighted by atomic mass is 10.0. The summed E-state index contributed by atoms with van der Waals surface area (Å²) in [5.74, 6) is 1.33. The van der Waals surface area contributed by atoms with E-state index in [-0.39, 0.29) is 17.9 Å². The Hall–Kier alpha value is -3.99. The number of nitrogens with one attached hydrogen (secondary N) is 1. The fraction of sp³-hybridized carbons (Fsp3) is 0.345. The maximum Gasteiger partial charge on any atom is 0.332 e. The van der Waals surface area contributed by atoms with E-state index in [4.69, 9.17) is 9.47 Å². The fourth-order valence-electron chi connectivity index (χ4n) is 3.95. The van der Waals surface area contributed by atoms with E-state index in [1.54, 1.807) is 12.1 Å². The van der Waals surface area contributed by atoms with E-state index in [1.807, 2.05) is 12.1 Å². The zero-order valence-corrected chi connectivity index (χ0v) is 23.3. The number of nitro benzene ring substituents is 1. The largest absolute Gasteiger partial charge is 0.490 e. The highest BCUT2D eigenvalue weighted by Gasteiger charge is 2.22. The van der Waals surface area contributed by atoms with Crippen LogP contribution in [0.3, 0.4) is 0 Å². The molecule has 40 heavy (non-hydrogen) atoms. The highest BCUT2D eigenvalue weighted by molar-refractivity contribution is 7.86. The number of hydrogen-bond acceptors (Lipinski definition) is 7. The van der Waals surface area contributed by atoms with Gasteiger partial charge in [-0.3, -0.25) is 14.9 Å². The number of nitrogens with zero attached hydrogens (tertiary/aromatic N) is 1. The molecule has 1 amide bonds. The summed E-state index contributed by atoms with van der Waals surface area (Å²) in [5.41, 5.74) is 0.449. The first-order valence-electron chi connectivity index (χ1n) is 13.0. The van der Waals surface area contributed by atoms with Gasteiger partial charge < -0.3 is 14.8 Å². The number of aryl methyl sites for hydroxylation is 1. The number of hydrogen-bond donors (Lipinski definition) is 1. The predicted octanol–water partition coefficient (Wildman–Crippen LogP) is 6.72. The van der Waals surface area contributed by atoms with Crippen molar-refractivity contribution in [1.82, 2.24) is 0 Å². The number of anilines is 1. The molecule has 9 nitrogen and oxygen atoms in total. The molecule has 3 aromatic rings. The van der Waals surface area contributed by atoms with Crippen LogP contribution in [0.2, 0.25) is 0 Å². The van der Waals surface area contributed by atoms with Gasteiger partial charge in [0.25, 0.3) is 11.6 Å². The van der Waals surface area contributed by atoms with E-state index < -0.39 is 31.6 Å². The minimum absolute atomic E-state index is 0.181. The van der Waals surface area contributed by atoms with Crippen LogP contribution in [0.15, 0.2) is 71.6 Å². The highest BCUT2D eigenvalue weighted by Crippen LogP contribution is 2.29. The van der Waals surface area contributed by atoms with Gasteiger partial charge in [0.15, 0.2) is 0 Å². The minimum atomic E-state index is -5.14. The molecule has 0 aliphatic carbocycles. The van der Waals surface area contributed by atoms with Crippen molar-refractivity contribution in [2.75, 3.05) is 18.5 Å². The maximum atomic E-state index is 13.2. The minimum Gasteiger partial charge on any atom is -0.490 e. The Kier molecular flexibility index (Phi) is 11.0. The van der Waals surface area contributed by atoms with E-state index >= 15 is 0 Å². The molecule has 3 aromatic carbocycles. The maximum absolute atomic E-state index is 13.2. The summed E-state index contributed by atoms with van der Waals surface area (Å²) in [6.45, 7) is 5.10. The smallest absolute Gasteiger partial charge is 0.332 e. The second-order valence-electron chi connectivity index (χ2n) is 9.69. The third-order valence-electron chi connectivity index (χ3n) is 6.10. The number of nitro groups is 1. The van der Waals surface area contributed by atoms with Gasteiger partial charge in [-0.05, 0) is 72.9 Å². The monoisotopic (exact) mass is 572 g/mol. The molecule has 11 heteroatoms. The molecule has 0 bridgehead atoms. The lowest BCUT2D eigenvalue weighted by molar-refractivity contribution is -0.384. The molecule has 0 heterocycles. The number of halogens is 1. The number of amides is 1. The first-order chi connectivity index (χ1) is 19.0. The van der Waals surface area contributed by atoms with Crippen molar-refractivity contribution >= 4 is 27.5 Å². The number of rotatable bonds is 15. The Morgan fingerprint density at radius 1 is 0.925 bits per heavy atom. The van der Waals surface area contributed by atoms with Crippen LogP contribution in [0.1, 0.15) is 55.5 Å². The summed E-state index contributed by atoms with van der Waals surface area (Å²) < 4.78 is 46.7. The lowest BCUT2D eigenvalue weighted by Gasteiger charge is -2.10. The molecule has 1 N–H and O–H groups in total. The summed E-state index contributed by atoms with van der Waals surface area (Å²) in [4.78, 5) is 22.0. The zero-order chi connectivity index (χ0) is 29.1. The van der Waals surface area contributed by atoms with E-state index in [2.05, 4.69) is 31.3 Å². The first-order valence-corrected chi connectivity index (χ1v) is 14.4. The van der Waals surface area contributed by atoms with Gasteiger partial charge in [0.2, 0.25) is 0 Å². The zero-order valence-electron chi connectivity index (χ0n) is 22.5. The number of unbranched alkanes of at least 4 members (excludes halogenated alkanes) is 2. The molecule has 0 radical (unpaired) electrons. The third-order valence-corrected chi connectivity index (χ3v) is 6.92. The Morgan fingerprint density at radius 3 is 2.08 bits per heavy atom. The van der Waals surface area contributed by atoms with E-state index in [0.29, 0.717) is 18.4 Å². The molecule has 0 unspecified atom stereocenters. The summed E-state index contributed by atoms with van der Waals surface area (Å²) in [5, 5.41) is 13.6. The van der Waals surface area contributed by atoms with Gasteiger partial charge in [0.05, 0.1) is 4.92 Å². The van der Waals surface area contributed by atoms with Gasteiger partial charge in [-0.15, -0.1) is 3.89 Å². The molecule has 214 valence electrons. The molecule has 0 atom stereocenters. The van der Waals surface area contributed by atoms with Gasteiger partial charge in [-0.2, -0.15) is 8.42 Å². The van der Waals surface area contributed by atoms with Crippen molar-refractivity contribution in [2.45, 2.75) is 50.8 Å². The number of carbonyl (C=O) groups excluding carboxylic acids is 1. The van der Waals surface area contributed by atoms with Gasteiger partial charge in [0.1, 0.15) is 35.3 Å². The molecule has 0 saturated carbocycles. The summed E-state index contributed by atoms with van der Waals surface area (Å²) in [6.07, 6.45) is 6.03. The van der Waals surface area contributed by atoms with Crippen molar-refractivity contribution in [2.24, 2.45) is 5.92 Å². The second kappa shape index (κ2) is 14.4. The normalized spacial score (nSPS) is 11.3. The number of carbonyl (C=O) groups is 1. The Morgan fingerprint density at radius 2 is 1.52 bits per heavy atom. The number of benzene rings is 3. The van der Waals surface area contributed by atoms with Crippen LogP contribution in [-0.2, 0) is 16.6 Å². The van der Waals surface area contributed by atoms with Crippen LogP contribution in [-0.4, -0.2) is 32.5 Å². The SMILES string of the molecule is CC(C)CCCCCc1ccc(OCCOc2ccc(C(=O)Nc3ccc(S(=O)(=O)F)cc3[N+](=O)[O-])cc2)cc1. The van der Waals surface area contributed by atoms with Gasteiger partial charge in [0, 0.05) is 11.6 Å². The highest BCUT2D eigenvalue weighted by atomic mass is 32.3. The van der Waals surface area contributed by atoms with Crippen LogP contribution < -0.4 is 14.8 Å². The summed E-state index contributed by atoms with van der Waals surface area (Å²) in [7, 11) is -5.14. The van der Waals surface area contributed by atoms with Crippen LogP contribution in [0, 0.1) is 16.0 Å². The van der Waals surface area contributed by atoms with Crippen molar-refractivity contribution in [3.63, 3.8) is 0 Å². The molecule has 0 aliphatic rings. The fourth-order valence-corrected chi connectivity index (χ4v) is 4.43. The van der Waals surface area contributed by atoms with Gasteiger partial charge >= 0.3 is 10.2 Å². The van der Waals surface area contributed by atoms with Gasteiger partial charge in [-0.25, -0.2) is 0 Å². The summed E-state index contributed by atoms with van der Waals surface area (Å²) >= 11 is 0. The van der Waals surface area contributed by atoms with Crippen molar-refractivity contribution < 1.29 is 31.5 Å². The molecule has 0 aromatic heterocycles. The van der Waals surface area contributed by atoms with Crippen molar-refractivity contribution in [3.05, 3.63) is 88.0 Å². The van der Waals surface area contributed by atoms with Crippen molar-refractivity contribution in [1.29, 1.82) is 0 Å². The molecule has 0 aliphatic heterocycles. The third kappa shape index (κ3) is 9.64. The Balaban J connectivity index is 1.44. The van der Waals surface area contributed by atoms with Gasteiger partial charge in [-0.1, -0.05) is 45.2 Å². The van der Waals surface area contributed by atoms with Crippen LogP contribution >= 0.6 is 0 Å². The Bertz CT molecular complexity index is 1390. The molecular weight excluding hydrogens is 539 g/mol. The molecular formula is C29H33FN2O7S. The summed E-state index contributed by atoms with van der Waals surface area (Å²) in [6, 6.07) is 16.5. The molecule has 0 spiro atoms. The average Bonchev–Trinajstić information content (AvgIpc) is 2.91.